The van der Waals surface area contributed by atoms with E-state index in [1.54, 1.807) is 25.3 Å². The lowest BCUT2D eigenvalue weighted by Gasteiger charge is -2.24. The fourth-order valence-electron chi connectivity index (χ4n) is 4.22. The average molecular weight is 577 g/mol. The smallest absolute Gasteiger partial charge is 0.403 e. The number of esters is 1. The van der Waals surface area contributed by atoms with E-state index in [1.807, 2.05) is 20.8 Å². The fourth-order valence-corrected chi connectivity index (χ4v) is 5.63. The molecule has 3 rings (SSSR count). The number of nitrogen functional groups attached to an aromatic ring is 1. The summed E-state index contributed by atoms with van der Waals surface area (Å²) in [6, 6.07) is -0.564. The molecule has 2 aromatic rings. The van der Waals surface area contributed by atoms with Gasteiger partial charge in [-0.3, -0.25) is 13.9 Å². The number of hydrogen-bond donors (Lipinski definition) is 3. The summed E-state index contributed by atoms with van der Waals surface area (Å²) < 4.78 is 36.8. The normalized spacial score (nSPS) is 24.2. The Bertz CT molecular complexity index is 1160. The number of imidazole rings is 1. The van der Waals surface area contributed by atoms with E-state index in [9.17, 15) is 14.3 Å². The van der Waals surface area contributed by atoms with Gasteiger partial charge in [0.2, 0.25) is 11.8 Å². The van der Waals surface area contributed by atoms with Gasteiger partial charge in [0.15, 0.2) is 17.4 Å². The fraction of sp³-hybridized carbons (Fsp3) is 0.739. The predicted octanol–water partition coefficient (Wildman–Crippen LogP) is 3.41. The molecule has 0 radical (unpaired) electrons. The molecule has 4 N–H and O–H groups in total. The van der Waals surface area contributed by atoms with Crippen molar-refractivity contribution in [2.75, 3.05) is 25.6 Å². The zero-order chi connectivity index (χ0) is 28.3. The second-order valence-corrected chi connectivity index (χ2v) is 12.7. The highest BCUT2D eigenvalue weighted by Gasteiger charge is 2.46. The minimum atomic E-state index is -4.26. The Balaban J connectivity index is 1.68. The van der Waals surface area contributed by atoms with E-state index in [0.29, 0.717) is 30.6 Å². The molecule has 0 spiro atoms. The molecule has 1 aliphatic heterocycles. The van der Waals surface area contributed by atoms with E-state index >= 15 is 0 Å². The van der Waals surface area contributed by atoms with Crippen LogP contribution in [0.1, 0.15) is 60.6 Å². The summed E-state index contributed by atoms with van der Waals surface area (Å²) in [5, 5.41) is 2.61. The number of rotatable bonds is 13. The van der Waals surface area contributed by atoms with E-state index in [1.165, 1.54) is 6.33 Å². The molecular weight excluding hydrogens is 539 g/mol. The number of ether oxygens (including phenoxy) is 3. The van der Waals surface area contributed by atoms with Crippen molar-refractivity contribution in [3.05, 3.63) is 6.33 Å². The number of hydrogen-bond acceptors (Lipinski definition) is 10. The van der Waals surface area contributed by atoms with Crippen molar-refractivity contribution >= 4 is 42.4 Å². The number of nitrogens with two attached hydrogens (primary N) is 1. The molecule has 3 unspecified atom stereocenters. The molecule has 13 nitrogen and oxygen atoms in total. The molecule has 15 heteroatoms. The van der Waals surface area contributed by atoms with Gasteiger partial charge in [0.25, 0.3) is 0 Å². The summed E-state index contributed by atoms with van der Waals surface area (Å²) in [4.78, 5) is 34.2. The molecule has 0 amide bonds. The molecule has 3 heterocycles. The van der Waals surface area contributed by atoms with Gasteiger partial charge in [0, 0.05) is 0 Å². The maximum atomic E-state index is 12.9. The van der Waals surface area contributed by atoms with Gasteiger partial charge in [-0.05, 0) is 32.6 Å². The maximum absolute atomic E-state index is 12.9. The summed E-state index contributed by atoms with van der Waals surface area (Å²) in [6.07, 6.45) is 1.02. The average Bonchev–Trinajstić information content (AvgIpc) is 3.34. The van der Waals surface area contributed by atoms with E-state index in [4.69, 9.17) is 36.1 Å². The molecule has 2 aromatic heterocycles. The van der Waals surface area contributed by atoms with Crippen LogP contribution in [0.25, 0.3) is 11.2 Å². The minimum absolute atomic E-state index is 0.0131. The molecule has 38 heavy (non-hydrogen) atoms. The van der Waals surface area contributed by atoms with E-state index in [2.05, 4.69) is 20.0 Å². The van der Waals surface area contributed by atoms with Gasteiger partial charge >= 0.3 is 13.7 Å². The van der Waals surface area contributed by atoms with Crippen LogP contribution in [0.2, 0.25) is 0 Å². The monoisotopic (exact) mass is 576 g/mol. The van der Waals surface area contributed by atoms with Crippen molar-refractivity contribution in [2.24, 2.45) is 11.8 Å². The van der Waals surface area contributed by atoms with Crippen LogP contribution in [0.3, 0.4) is 0 Å². The summed E-state index contributed by atoms with van der Waals surface area (Å²) in [6.45, 7) is 11.1. The van der Waals surface area contributed by atoms with E-state index < -0.39 is 31.0 Å². The van der Waals surface area contributed by atoms with Gasteiger partial charge in [-0.2, -0.15) is 9.97 Å². The van der Waals surface area contributed by atoms with Crippen LogP contribution in [0.5, 0.6) is 5.88 Å². The topological polar surface area (TPSA) is 173 Å². The Morgan fingerprint density at radius 2 is 2.11 bits per heavy atom. The number of fused-ring (bicyclic) bond motifs is 1. The molecule has 5 atom stereocenters. The van der Waals surface area contributed by atoms with Crippen molar-refractivity contribution in [3.8, 4) is 5.88 Å². The number of nitrogens with one attached hydrogen (secondary N) is 1. The first-order valence-electron chi connectivity index (χ1n) is 12.6. The second kappa shape index (κ2) is 12.4. The number of anilines is 1. The highest BCUT2D eigenvalue weighted by molar-refractivity contribution is 7.50. The summed E-state index contributed by atoms with van der Waals surface area (Å²) >= 11 is 6.82. The number of halogens is 1. The van der Waals surface area contributed by atoms with Gasteiger partial charge in [-0.1, -0.05) is 27.7 Å². The minimum Gasteiger partial charge on any atom is -0.476 e. The van der Waals surface area contributed by atoms with Crippen molar-refractivity contribution in [1.29, 1.82) is 0 Å². The highest BCUT2D eigenvalue weighted by atomic mass is 35.5. The molecule has 0 bridgehead atoms. The Morgan fingerprint density at radius 3 is 2.74 bits per heavy atom. The van der Waals surface area contributed by atoms with Gasteiger partial charge in [0.1, 0.15) is 6.61 Å². The predicted molar refractivity (Wildman–Crippen MR) is 142 cm³/mol. The van der Waals surface area contributed by atoms with Crippen LogP contribution < -0.4 is 15.6 Å². The molecule has 1 aliphatic rings. The largest absolute Gasteiger partial charge is 0.476 e. The lowest BCUT2D eigenvalue weighted by molar-refractivity contribution is -0.148. The van der Waals surface area contributed by atoms with Gasteiger partial charge < -0.3 is 24.8 Å². The van der Waals surface area contributed by atoms with Crippen LogP contribution >= 0.6 is 19.3 Å². The third-order valence-corrected chi connectivity index (χ3v) is 7.37. The van der Waals surface area contributed by atoms with Crippen LogP contribution in [-0.4, -0.2) is 67.2 Å². The molecular formula is C23H38ClN6O7P. The van der Waals surface area contributed by atoms with Crippen LogP contribution in [-0.2, 0) is 23.4 Å². The molecule has 0 aliphatic carbocycles. The summed E-state index contributed by atoms with van der Waals surface area (Å²) in [7, 11) is -4.26. The number of nitrogens with zero attached hydrogens (tertiary/aromatic N) is 4. The molecule has 214 valence electrons. The van der Waals surface area contributed by atoms with Crippen LogP contribution in [0.4, 0.5) is 5.95 Å². The lowest BCUT2D eigenvalue weighted by Crippen LogP contribution is -2.35. The van der Waals surface area contributed by atoms with Crippen LogP contribution in [0, 0.1) is 11.8 Å². The molecule has 1 fully saturated rings. The number of aromatic nitrogens is 4. The van der Waals surface area contributed by atoms with Gasteiger partial charge in [0.05, 0.1) is 42.5 Å². The third-order valence-electron chi connectivity index (χ3n) is 5.84. The van der Waals surface area contributed by atoms with E-state index in [-0.39, 0.29) is 42.8 Å². The first-order valence-corrected chi connectivity index (χ1v) is 14.6. The van der Waals surface area contributed by atoms with Gasteiger partial charge in [-0.25, -0.2) is 14.6 Å². The molecule has 1 saturated heterocycles. The zero-order valence-corrected chi connectivity index (χ0v) is 24.2. The standard InChI is InChI=1S/C23H38ClN6O7P/c1-7-34-19-17-18(27-22(25)28-19)30(12-26-17)21-23(6,24)9-16(37-21)11-36-38(32,33)29-15(8-13(2)3)10-35-20(31)14(4)5/h12-16,21H,7-11H2,1-6H3,(H2,25,27,28)(H2,29,32,33)/t15?,16?,21-,23-/m1/s1. The maximum Gasteiger partial charge on any atom is 0.403 e. The highest BCUT2D eigenvalue weighted by Crippen LogP contribution is 2.46. The first kappa shape index (κ1) is 30.5. The Morgan fingerprint density at radius 1 is 1.39 bits per heavy atom. The lowest BCUT2D eigenvalue weighted by atomic mass is 10.1. The third kappa shape index (κ3) is 7.77. The number of carbonyl (C=O) groups excluding carboxylic acids is 1. The van der Waals surface area contributed by atoms with Gasteiger partial charge in [-0.15, -0.1) is 11.6 Å². The molecule has 0 saturated carbocycles. The van der Waals surface area contributed by atoms with Crippen molar-refractivity contribution in [2.45, 2.75) is 77.6 Å². The Labute approximate surface area is 227 Å². The SMILES string of the molecule is CCOc1nc(N)nc2c1ncn2[C@@H]1OC(COP(=O)(O)NC(COC(=O)C(C)C)CC(C)C)C[C@@]1(C)Cl. The number of alkyl halides is 1. The Kier molecular flexibility index (Phi) is 9.99. The zero-order valence-electron chi connectivity index (χ0n) is 22.6. The quantitative estimate of drug-likeness (QED) is 0.180. The summed E-state index contributed by atoms with van der Waals surface area (Å²) in [5.41, 5.74) is 6.67. The van der Waals surface area contributed by atoms with Crippen molar-refractivity contribution in [1.82, 2.24) is 24.6 Å². The first-order chi connectivity index (χ1) is 17.7. The van der Waals surface area contributed by atoms with Crippen LogP contribution in [0.15, 0.2) is 6.33 Å². The van der Waals surface area contributed by atoms with Crippen molar-refractivity contribution < 1.29 is 33.0 Å². The second-order valence-electron chi connectivity index (χ2n) is 10.3. The molecule has 0 aromatic carbocycles. The number of carbonyl (C=O) groups is 1. The van der Waals surface area contributed by atoms with E-state index in [0.717, 1.165) is 0 Å². The van der Waals surface area contributed by atoms with Crippen molar-refractivity contribution in [3.63, 3.8) is 0 Å². The Hall–Kier alpha value is -2.02. The summed E-state index contributed by atoms with van der Waals surface area (Å²) in [5.74, 6) is -0.226.